The van der Waals surface area contributed by atoms with E-state index in [0.717, 1.165) is 24.2 Å². The Labute approximate surface area is 208 Å². The van der Waals surface area contributed by atoms with Gasteiger partial charge < -0.3 is 15.5 Å². The normalized spacial score (nSPS) is 12.8. The number of benzene rings is 3. The van der Waals surface area contributed by atoms with Crippen molar-refractivity contribution in [2.24, 2.45) is 0 Å². The number of thioether (sulfide) groups is 1. The zero-order chi connectivity index (χ0) is 24.6. The monoisotopic (exact) mass is 484 g/mol. The van der Waals surface area contributed by atoms with E-state index in [9.17, 15) is 14.4 Å². The summed E-state index contributed by atoms with van der Waals surface area (Å²) in [6.45, 7) is 1.09. The van der Waals surface area contributed by atoms with Crippen LogP contribution in [0.2, 0.25) is 0 Å². The van der Waals surface area contributed by atoms with Crippen molar-refractivity contribution in [3.05, 3.63) is 89.5 Å². The number of carbonyl (C=O) groups is 3. The third-order valence-corrected chi connectivity index (χ3v) is 6.61. The highest BCUT2D eigenvalue weighted by Crippen LogP contribution is 2.24. The standard InChI is InChI=1S/C27H24N4O3S/c28-16-20-5-3-6-21(15-20)30-25(32)18-35-24-8-2-1-7-23(24)27(34)29-17-19-10-12-22(13-11-19)31-14-4-9-26(31)33/h1-3,5-8,10-13,15H,4,9,14,17-18H2,(H,29,34)(H,30,32). The molecule has 176 valence electrons. The van der Waals surface area contributed by atoms with Gasteiger partial charge in [0, 0.05) is 35.8 Å². The molecule has 7 nitrogen and oxygen atoms in total. The Morgan fingerprint density at radius 1 is 1.03 bits per heavy atom. The van der Waals surface area contributed by atoms with Crippen LogP contribution in [0.15, 0.2) is 77.7 Å². The lowest BCUT2D eigenvalue weighted by atomic mass is 10.1. The number of carbonyl (C=O) groups excluding carboxylic acids is 3. The van der Waals surface area contributed by atoms with Crippen molar-refractivity contribution in [1.29, 1.82) is 5.26 Å². The molecule has 0 aromatic heterocycles. The highest BCUT2D eigenvalue weighted by molar-refractivity contribution is 8.00. The first-order valence-electron chi connectivity index (χ1n) is 11.2. The Bertz CT molecular complexity index is 1280. The van der Waals surface area contributed by atoms with Crippen LogP contribution in [0.4, 0.5) is 11.4 Å². The largest absolute Gasteiger partial charge is 0.348 e. The third-order valence-electron chi connectivity index (χ3n) is 5.54. The second-order valence-electron chi connectivity index (χ2n) is 8.02. The van der Waals surface area contributed by atoms with Crippen LogP contribution in [0.5, 0.6) is 0 Å². The molecule has 8 heteroatoms. The number of nitrogens with one attached hydrogen (secondary N) is 2. The Hall–Kier alpha value is -4.09. The molecule has 3 aromatic carbocycles. The SMILES string of the molecule is N#Cc1cccc(NC(=O)CSc2ccccc2C(=O)NCc2ccc(N3CCCC3=O)cc2)c1. The molecule has 2 N–H and O–H groups in total. The minimum Gasteiger partial charge on any atom is -0.348 e. The van der Waals surface area contributed by atoms with E-state index in [0.29, 0.717) is 34.7 Å². The van der Waals surface area contributed by atoms with Gasteiger partial charge in [0.15, 0.2) is 0 Å². The molecule has 1 fully saturated rings. The Morgan fingerprint density at radius 2 is 1.83 bits per heavy atom. The number of rotatable bonds is 8. The molecule has 4 rings (SSSR count). The summed E-state index contributed by atoms with van der Waals surface area (Å²) in [6.07, 6.45) is 1.47. The van der Waals surface area contributed by atoms with E-state index in [1.807, 2.05) is 42.5 Å². The summed E-state index contributed by atoms with van der Waals surface area (Å²) in [5, 5.41) is 14.7. The Kier molecular flexibility index (Phi) is 7.81. The number of hydrogen-bond donors (Lipinski definition) is 2. The van der Waals surface area contributed by atoms with E-state index in [1.165, 1.54) is 11.8 Å². The molecule has 1 aliphatic rings. The van der Waals surface area contributed by atoms with E-state index in [1.54, 1.807) is 41.3 Å². The van der Waals surface area contributed by atoms with Crippen molar-refractivity contribution < 1.29 is 14.4 Å². The minimum atomic E-state index is -0.228. The predicted molar refractivity (Wildman–Crippen MR) is 136 cm³/mol. The molecule has 0 atom stereocenters. The highest BCUT2D eigenvalue weighted by Gasteiger charge is 2.21. The van der Waals surface area contributed by atoms with Gasteiger partial charge in [0.2, 0.25) is 11.8 Å². The summed E-state index contributed by atoms with van der Waals surface area (Å²) >= 11 is 1.28. The molecule has 0 saturated carbocycles. The first-order chi connectivity index (χ1) is 17.0. The van der Waals surface area contributed by atoms with E-state index in [-0.39, 0.29) is 23.5 Å². The van der Waals surface area contributed by atoms with Gasteiger partial charge in [-0.25, -0.2) is 0 Å². The van der Waals surface area contributed by atoms with Gasteiger partial charge >= 0.3 is 0 Å². The van der Waals surface area contributed by atoms with Crippen LogP contribution in [-0.2, 0) is 16.1 Å². The maximum atomic E-state index is 12.9. The maximum absolute atomic E-state index is 12.9. The van der Waals surface area contributed by atoms with Crippen molar-refractivity contribution in [2.45, 2.75) is 24.3 Å². The van der Waals surface area contributed by atoms with Crippen LogP contribution in [0, 0.1) is 11.3 Å². The van der Waals surface area contributed by atoms with Gasteiger partial charge in [0.25, 0.3) is 5.91 Å². The molecule has 1 saturated heterocycles. The lowest BCUT2D eigenvalue weighted by Crippen LogP contribution is -2.24. The lowest BCUT2D eigenvalue weighted by Gasteiger charge is -2.16. The molecule has 0 radical (unpaired) electrons. The topological polar surface area (TPSA) is 102 Å². The zero-order valence-electron chi connectivity index (χ0n) is 19.0. The van der Waals surface area contributed by atoms with Crippen molar-refractivity contribution in [2.75, 3.05) is 22.5 Å². The number of anilines is 2. The first-order valence-corrected chi connectivity index (χ1v) is 12.2. The molecule has 35 heavy (non-hydrogen) atoms. The molecule has 0 unspecified atom stereocenters. The van der Waals surface area contributed by atoms with E-state index in [4.69, 9.17) is 5.26 Å². The maximum Gasteiger partial charge on any atom is 0.252 e. The van der Waals surface area contributed by atoms with Crippen molar-refractivity contribution >= 4 is 40.9 Å². The molecule has 1 aliphatic heterocycles. The van der Waals surface area contributed by atoms with Gasteiger partial charge in [-0.05, 0) is 54.4 Å². The van der Waals surface area contributed by atoms with E-state index in [2.05, 4.69) is 10.6 Å². The van der Waals surface area contributed by atoms with Crippen LogP contribution in [0.3, 0.4) is 0 Å². The second kappa shape index (κ2) is 11.4. The number of nitriles is 1. The van der Waals surface area contributed by atoms with Crippen LogP contribution in [-0.4, -0.2) is 30.0 Å². The second-order valence-corrected chi connectivity index (χ2v) is 9.04. The molecule has 1 heterocycles. The van der Waals surface area contributed by atoms with E-state index >= 15 is 0 Å². The van der Waals surface area contributed by atoms with Gasteiger partial charge in [0.1, 0.15) is 0 Å². The quantitative estimate of drug-likeness (QED) is 0.463. The smallest absolute Gasteiger partial charge is 0.252 e. The average Bonchev–Trinajstić information content (AvgIpc) is 3.32. The van der Waals surface area contributed by atoms with Gasteiger partial charge in [0.05, 0.1) is 22.9 Å². The van der Waals surface area contributed by atoms with Gasteiger partial charge in [-0.3, -0.25) is 14.4 Å². The summed E-state index contributed by atoms with van der Waals surface area (Å²) in [5.74, 6) is -0.187. The third kappa shape index (κ3) is 6.28. The molecular formula is C27H24N4O3S. The molecule has 3 amide bonds. The molecular weight excluding hydrogens is 460 g/mol. The Morgan fingerprint density at radius 3 is 2.57 bits per heavy atom. The van der Waals surface area contributed by atoms with Gasteiger partial charge in [-0.15, -0.1) is 11.8 Å². The fourth-order valence-corrected chi connectivity index (χ4v) is 4.63. The highest BCUT2D eigenvalue weighted by atomic mass is 32.2. The summed E-state index contributed by atoms with van der Waals surface area (Å²) in [5.41, 5.74) is 3.33. The van der Waals surface area contributed by atoms with Crippen molar-refractivity contribution in [1.82, 2.24) is 5.32 Å². The summed E-state index contributed by atoms with van der Waals surface area (Å²) in [6, 6.07) is 23.5. The molecule has 0 aliphatic carbocycles. The molecule has 0 spiro atoms. The van der Waals surface area contributed by atoms with Crippen LogP contribution >= 0.6 is 11.8 Å². The number of hydrogen-bond acceptors (Lipinski definition) is 5. The fourth-order valence-electron chi connectivity index (χ4n) is 3.78. The minimum absolute atomic E-state index is 0.123. The van der Waals surface area contributed by atoms with Crippen LogP contribution in [0.25, 0.3) is 0 Å². The number of nitrogens with zero attached hydrogens (tertiary/aromatic N) is 2. The summed E-state index contributed by atoms with van der Waals surface area (Å²) in [4.78, 5) is 39.6. The molecule has 0 bridgehead atoms. The van der Waals surface area contributed by atoms with E-state index < -0.39 is 0 Å². The fraction of sp³-hybridized carbons (Fsp3) is 0.185. The average molecular weight is 485 g/mol. The van der Waals surface area contributed by atoms with Gasteiger partial charge in [-0.1, -0.05) is 30.3 Å². The Balaban J connectivity index is 1.32. The first kappa shape index (κ1) is 24.0. The molecule has 3 aromatic rings. The number of amides is 3. The van der Waals surface area contributed by atoms with Crippen molar-refractivity contribution in [3.8, 4) is 6.07 Å². The van der Waals surface area contributed by atoms with Gasteiger partial charge in [-0.2, -0.15) is 5.26 Å². The van der Waals surface area contributed by atoms with Crippen LogP contribution in [0.1, 0.15) is 34.3 Å². The summed E-state index contributed by atoms with van der Waals surface area (Å²) in [7, 11) is 0. The van der Waals surface area contributed by atoms with Crippen LogP contribution < -0.4 is 15.5 Å². The summed E-state index contributed by atoms with van der Waals surface area (Å²) < 4.78 is 0. The lowest BCUT2D eigenvalue weighted by molar-refractivity contribution is -0.117. The van der Waals surface area contributed by atoms with Crippen molar-refractivity contribution in [3.63, 3.8) is 0 Å². The predicted octanol–water partition coefficient (Wildman–Crippen LogP) is 4.35. The zero-order valence-corrected chi connectivity index (χ0v) is 19.8.